The monoisotopic (exact) mass is 408 g/mol. The molecule has 1 aliphatic rings. The molecule has 0 spiro atoms. The van der Waals surface area contributed by atoms with Crippen LogP contribution in [-0.2, 0) is 20.7 Å². The Morgan fingerprint density at radius 1 is 1.37 bits per heavy atom. The molecule has 2 heterocycles. The van der Waals surface area contributed by atoms with Gasteiger partial charge in [0, 0.05) is 5.02 Å². The van der Waals surface area contributed by atoms with Crippen molar-refractivity contribution in [3.8, 4) is 5.75 Å². The molecule has 0 fully saturated rings. The van der Waals surface area contributed by atoms with E-state index in [4.69, 9.17) is 26.8 Å². The SMILES string of the molecule is CC(OC(=O)C1COc2ccc(Cl)cc2C1)C(=O)Nc1sccc1C(N)=O. The maximum absolute atomic E-state index is 12.4. The van der Waals surface area contributed by atoms with E-state index in [-0.39, 0.29) is 12.2 Å². The minimum absolute atomic E-state index is 0.165. The number of hydrogen-bond donors (Lipinski definition) is 2. The van der Waals surface area contributed by atoms with Crippen molar-refractivity contribution < 1.29 is 23.9 Å². The summed E-state index contributed by atoms with van der Waals surface area (Å²) >= 11 is 7.13. The first-order valence-corrected chi connectivity index (χ1v) is 9.40. The topological polar surface area (TPSA) is 108 Å². The number of anilines is 1. The smallest absolute Gasteiger partial charge is 0.313 e. The normalized spacial score (nSPS) is 16.6. The van der Waals surface area contributed by atoms with Crippen molar-refractivity contribution in [3.05, 3.63) is 45.8 Å². The summed E-state index contributed by atoms with van der Waals surface area (Å²) in [5.74, 6) is -1.58. The fourth-order valence-corrected chi connectivity index (χ4v) is 3.64. The molecule has 0 saturated heterocycles. The first-order chi connectivity index (χ1) is 12.8. The van der Waals surface area contributed by atoms with Crippen LogP contribution in [0.15, 0.2) is 29.6 Å². The summed E-state index contributed by atoms with van der Waals surface area (Å²) in [7, 11) is 0. The number of rotatable bonds is 5. The van der Waals surface area contributed by atoms with E-state index < -0.39 is 29.8 Å². The number of nitrogens with one attached hydrogen (secondary N) is 1. The summed E-state index contributed by atoms with van der Waals surface area (Å²) < 4.78 is 10.8. The molecule has 27 heavy (non-hydrogen) atoms. The maximum atomic E-state index is 12.4. The molecular formula is C18H17ClN2O5S. The second-order valence-corrected chi connectivity index (χ2v) is 7.41. The van der Waals surface area contributed by atoms with Gasteiger partial charge in [-0.3, -0.25) is 14.4 Å². The van der Waals surface area contributed by atoms with E-state index in [9.17, 15) is 14.4 Å². The van der Waals surface area contributed by atoms with Crippen LogP contribution in [-0.4, -0.2) is 30.5 Å². The van der Waals surface area contributed by atoms with Crippen molar-refractivity contribution in [2.75, 3.05) is 11.9 Å². The van der Waals surface area contributed by atoms with Gasteiger partial charge < -0.3 is 20.5 Å². The molecular weight excluding hydrogens is 392 g/mol. The molecule has 0 radical (unpaired) electrons. The molecule has 0 saturated carbocycles. The first kappa shape index (κ1) is 19.2. The lowest BCUT2D eigenvalue weighted by Crippen LogP contribution is -2.36. The number of thiophene rings is 1. The Hall–Kier alpha value is -2.58. The van der Waals surface area contributed by atoms with Gasteiger partial charge in [-0.05, 0) is 48.6 Å². The highest BCUT2D eigenvalue weighted by atomic mass is 35.5. The van der Waals surface area contributed by atoms with Crippen molar-refractivity contribution in [2.24, 2.45) is 11.7 Å². The Morgan fingerprint density at radius 3 is 2.89 bits per heavy atom. The summed E-state index contributed by atoms with van der Waals surface area (Å²) in [5, 5.41) is 5.06. The first-order valence-electron chi connectivity index (χ1n) is 8.15. The summed E-state index contributed by atoms with van der Waals surface area (Å²) in [6.07, 6.45) is -0.624. The Bertz CT molecular complexity index is 898. The molecule has 142 valence electrons. The number of primary amides is 1. The second kappa shape index (κ2) is 7.98. The highest BCUT2D eigenvalue weighted by molar-refractivity contribution is 7.14. The Morgan fingerprint density at radius 2 is 2.15 bits per heavy atom. The van der Waals surface area contributed by atoms with Crippen LogP contribution in [0.5, 0.6) is 5.75 Å². The van der Waals surface area contributed by atoms with Crippen LogP contribution in [0.4, 0.5) is 5.00 Å². The standard InChI is InChI=1S/C18H17ClN2O5S/c1-9(16(23)21-17-13(15(20)22)4-5-27-17)26-18(24)11-6-10-7-12(19)2-3-14(10)25-8-11/h2-5,7,9,11H,6,8H2,1H3,(H2,20,22)(H,21,23). The van der Waals surface area contributed by atoms with Crippen LogP contribution in [0, 0.1) is 5.92 Å². The Balaban J connectivity index is 1.59. The van der Waals surface area contributed by atoms with Crippen molar-refractivity contribution in [3.63, 3.8) is 0 Å². The zero-order chi connectivity index (χ0) is 19.6. The summed E-state index contributed by atoms with van der Waals surface area (Å²) in [4.78, 5) is 36.0. The predicted molar refractivity (Wildman–Crippen MR) is 101 cm³/mol. The molecule has 1 aliphatic heterocycles. The number of hydrogen-bond acceptors (Lipinski definition) is 6. The van der Waals surface area contributed by atoms with E-state index in [1.54, 1.807) is 23.6 Å². The summed E-state index contributed by atoms with van der Waals surface area (Å²) in [5.41, 5.74) is 6.27. The van der Waals surface area contributed by atoms with E-state index in [0.717, 1.165) is 16.9 Å². The van der Waals surface area contributed by atoms with Gasteiger partial charge in [-0.1, -0.05) is 11.6 Å². The zero-order valence-electron chi connectivity index (χ0n) is 14.4. The van der Waals surface area contributed by atoms with Crippen LogP contribution in [0.2, 0.25) is 5.02 Å². The van der Waals surface area contributed by atoms with Gasteiger partial charge in [-0.25, -0.2) is 0 Å². The number of carbonyl (C=O) groups is 3. The largest absolute Gasteiger partial charge is 0.492 e. The summed E-state index contributed by atoms with van der Waals surface area (Å²) in [6.45, 7) is 1.62. The number of nitrogens with two attached hydrogens (primary N) is 1. The molecule has 2 amide bonds. The average molecular weight is 409 g/mol. The molecule has 9 heteroatoms. The van der Waals surface area contributed by atoms with Gasteiger partial charge in [-0.2, -0.15) is 0 Å². The molecule has 2 aromatic rings. The fraction of sp³-hybridized carbons (Fsp3) is 0.278. The van der Waals surface area contributed by atoms with E-state index >= 15 is 0 Å². The van der Waals surface area contributed by atoms with Crippen LogP contribution in [0.1, 0.15) is 22.8 Å². The van der Waals surface area contributed by atoms with Gasteiger partial charge in [0.1, 0.15) is 17.4 Å². The van der Waals surface area contributed by atoms with Crippen molar-refractivity contribution in [2.45, 2.75) is 19.4 Å². The lowest BCUT2D eigenvalue weighted by molar-refractivity contribution is -0.158. The number of halogens is 1. The van der Waals surface area contributed by atoms with E-state index in [2.05, 4.69) is 5.32 Å². The van der Waals surface area contributed by atoms with Gasteiger partial charge in [0.2, 0.25) is 0 Å². The zero-order valence-corrected chi connectivity index (χ0v) is 15.9. The quantitative estimate of drug-likeness (QED) is 0.739. The second-order valence-electron chi connectivity index (χ2n) is 6.06. The Kier molecular flexibility index (Phi) is 5.67. The molecule has 2 unspecified atom stereocenters. The van der Waals surface area contributed by atoms with Crippen LogP contribution in [0.25, 0.3) is 0 Å². The fourth-order valence-electron chi connectivity index (χ4n) is 2.65. The number of benzene rings is 1. The minimum atomic E-state index is -1.04. The minimum Gasteiger partial charge on any atom is -0.492 e. The van der Waals surface area contributed by atoms with Crippen molar-refractivity contribution >= 4 is 45.7 Å². The third-order valence-corrected chi connectivity index (χ3v) is 5.16. The van der Waals surface area contributed by atoms with Gasteiger partial charge in [-0.15, -0.1) is 11.3 Å². The molecule has 0 aliphatic carbocycles. The summed E-state index contributed by atoms with van der Waals surface area (Å²) in [6, 6.07) is 6.73. The number of fused-ring (bicyclic) bond motifs is 1. The molecule has 3 N–H and O–H groups in total. The van der Waals surface area contributed by atoms with E-state index in [0.29, 0.717) is 22.2 Å². The number of carbonyl (C=O) groups excluding carboxylic acids is 3. The number of amides is 2. The molecule has 2 atom stereocenters. The highest BCUT2D eigenvalue weighted by Crippen LogP contribution is 2.30. The predicted octanol–water partition coefficient (Wildman–Crippen LogP) is 2.62. The maximum Gasteiger partial charge on any atom is 0.313 e. The van der Waals surface area contributed by atoms with Crippen LogP contribution in [0.3, 0.4) is 0 Å². The van der Waals surface area contributed by atoms with Gasteiger partial charge in [0.15, 0.2) is 6.10 Å². The van der Waals surface area contributed by atoms with Crippen LogP contribution < -0.4 is 15.8 Å². The van der Waals surface area contributed by atoms with Gasteiger partial charge in [0.05, 0.1) is 11.5 Å². The molecule has 3 rings (SSSR count). The highest BCUT2D eigenvalue weighted by Gasteiger charge is 2.30. The molecule has 1 aromatic carbocycles. The van der Waals surface area contributed by atoms with Gasteiger partial charge >= 0.3 is 5.97 Å². The van der Waals surface area contributed by atoms with Crippen molar-refractivity contribution in [1.29, 1.82) is 0 Å². The average Bonchev–Trinajstić information content (AvgIpc) is 3.09. The number of ether oxygens (including phenoxy) is 2. The van der Waals surface area contributed by atoms with Crippen molar-refractivity contribution in [1.82, 2.24) is 0 Å². The van der Waals surface area contributed by atoms with E-state index in [1.165, 1.54) is 13.0 Å². The molecule has 1 aromatic heterocycles. The third kappa shape index (κ3) is 4.40. The van der Waals surface area contributed by atoms with E-state index in [1.807, 2.05) is 0 Å². The number of esters is 1. The lowest BCUT2D eigenvalue weighted by Gasteiger charge is -2.25. The molecule has 0 bridgehead atoms. The lowest BCUT2D eigenvalue weighted by atomic mass is 9.97. The Labute approximate surface area is 164 Å². The molecule has 7 nitrogen and oxygen atoms in total. The third-order valence-electron chi connectivity index (χ3n) is 4.09. The van der Waals surface area contributed by atoms with Crippen LogP contribution >= 0.6 is 22.9 Å². The van der Waals surface area contributed by atoms with Gasteiger partial charge in [0.25, 0.3) is 11.8 Å².